The van der Waals surface area contributed by atoms with Crippen LogP contribution >= 0.6 is 0 Å². The Kier molecular flexibility index (Phi) is 4.62. The van der Waals surface area contributed by atoms with Gasteiger partial charge in [0.2, 0.25) is 0 Å². The number of likely N-dealkylation sites (N-methyl/N-ethyl adjacent to an activating group) is 1. The molecule has 0 aliphatic carbocycles. The smallest absolute Gasteiger partial charge is 0.133 e. The summed E-state index contributed by atoms with van der Waals surface area (Å²) in [7, 11) is 1.97. The predicted molar refractivity (Wildman–Crippen MR) is 79.9 cm³/mol. The van der Waals surface area contributed by atoms with Crippen LogP contribution in [0.2, 0.25) is 0 Å². The van der Waals surface area contributed by atoms with Crippen LogP contribution in [0.5, 0.6) is 0 Å². The lowest BCUT2D eigenvalue weighted by molar-refractivity contribution is -0.0573. The van der Waals surface area contributed by atoms with Gasteiger partial charge in [0.25, 0.3) is 0 Å². The van der Waals surface area contributed by atoms with Gasteiger partial charge in [0.05, 0.1) is 5.60 Å². The molecule has 5 heteroatoms. The van der Waals surface area contributed by atoms with Gasteiger partial charge in [-0.1, -0.05) is 0 Å². The second-order valence-electron chi connectivity index (χ2n) is 5.78. The van der Waals surface area contributed by atoms with Gasteiger partial charge in [-0.15, -0.1) is 0 Å². The number of rotatable bonds is 4. The molecule has 0 amide bonds. The monoisotopic (exact) mass is 279 g/mol. The standard InChI is InChI=1S/C15H25N3O2/c1-11-8-12(2)17-14(13(11)9-16)18(3)10-15(19)4-6-20-7-5-15/h8,19H,4-7,9-10,16H2,1-3H3. The Morgan fingerprint density at radius 3 is 2.65 bits per heavy atom. The van der Waals surface area contributed by atoms with Gasteiger partial charge in [0.15, 0.2) is 0 Å². The normalized spacial score (nSPS) is 18.1. The van der Waals surface area contributed by atoms with Crippen LogP contribution in [0, 0.1) is 13.8 Å². The van der Waals surface area contributed by atoms with Crippen molar-refractivity contribution in [3.63, 3.8) is 0 Å². The van der Waals surface area contributed by atoms with Gasteiger partial charge in [-0.25, -0.2) is 4.98 Å². The topological polar surface area (TPSA) is 71.6 Å². The number of aliphatic hydroxyl groups is 1. The van der Waals surface area contributed by atoms with Crippen molar-refractivity contribution in [3.8, 4) is 0 Å². The molecular weight excluding hydrogens is 254 g/mol. The number of nitrogens with zero attached hydrogens (tertiary/aromatic N) is 2. The Morgan fingerprint density at radius 2 is 2.05 bits per heavy atom. The highest BCUT2D eigenvalue weighted by Gasteiger charge is 2.32. The minimum absolute atomic E-state index is 0.459. The van der Waals surface area contributed by atoms with E-state index in [4.69, 9.17) is 10.5 Å². The summed E-state index contributed by atoms with van der Waals surface area (Å²) in [5.41, 5.74) is 8.34. The molecular formula is C15H25N3O2. The summed E-state index contributed by atoms with van der Waals surface area (Å²) in [5.74, 6) is 0.880. The summed E-state index contributed by atoms with van der Waals surface area (Å²) >= 11 is 0. The average Bonchev–Trinajstić information content (AvgIpc) is 2.38. The quantitative estimate of drug-likeness (QED) is 0.864. The molecule has 0 atom stereocenters. The van der Waals surface area contributed by atoms with E-state index in [9.17, 15) is 5.11 Å². The molecule has 2 rings (SSSR count). The Morgan fingerprint density at radius 1 is 1.40 bits per heavy atom. The van der Waals surface area contributed by atoms with Crippen molar-refractivity contribution in [2.75, 3.05) is 31.7 Å². The van der Waals surface area contributed by atoms with E-state index < -0.39 is 5.60 Å². The number of hydrogen-bond donors (Lipinski definition) is 2. The number of ether oxygens (including phenoxy) is 1. The van der Waals surface area contributed by atoms with Gasteiger partial charge in [0, 0.05) is 57.4 Å². The first-order valence-corrected chi connectivity index (χ1v) is 7.14. The first-order valence-electron chi connectivity index (χ1n) is 7.14. The highest BCUT2D eigenvalue weighted by atomic mass is 16.5. The maximum absolute atomic E-state index is 10.6. The van der Waals surface area contributed by atoms with Crippen molar-refractivity contribution in [1.29, 1.82) is 0 Å². The van der Waals surface area contributed by atoms with Crippen molar-refractivity contribution in [3.05, 3.63) is 22.9 Å². The maximum Gasteiger partial charge on any atom is 0.133 e. The average molecular weight is 279 g/mol. The first kappa shape index (κ1) is 15.2. The van der Waals surface area contributed by atoms with Gasteiger partial charge in [-0.3, -0.25) is 0 Å². The molecule has 5 nitrogen and oxygen atoms in total. The third-order valence-corrected chi connectivity index (χ3v) is 3.97. The maximum atomic E-state index is 10.6. The molecule has 3 N–H and O–H groups in total. The van der Waals surface area contributed by atoms with E-state index in [2.05, 4.69) is 11.9 Å². The zero-order valence-electron chi connectivity index (χ0n) is 12.6. The number of anilines is 1. The fraction of sp³-hybridized carbons (Fsp3) is 0.667. The van der Waals surface area contributed by atoms with Crippen molar-refractivity contribution in [2.45, 2.75) is 38.8 Å². The molecule has 1 aromatic rings. The second-order valence-corrected chi connectivity index (χ2v) is 5.78. The van der Waals surface area contributed by atoms with E-state index >= 15 is 0 Å². The molecule has 0 saturated carbocycles. The zero-order chi connectivity index (χ0) is 14.8. The van der Waals surface area contributed by atoms with Crippen molar-refractivity contribution in [1.82, 2.24) is 4.98 Å². The third kappa shape index (κ3) is 3.29. The summed E-state index contributed by atoms with van der Waals surface area (Å²) in [6.07, 6.45) is 1.33. The summed E-state index contributed by atoms with van der Waals surface area (Å²) in [6.45, 7) is 6.29. The summed E-state index contributed by atoms with van der Waals surface area (Å²) < 4.78 is 5.32. The van der Waals surface area contributed by atoms with Gasteiger partial charge < -0.3 is 20.5 Å². The lowest BCUT2D eigenvalue weighted by atomic mass is 9.93. The number of hydrogen-bond acceptors (Lipinski definition) is 5. The zero-order valence-corrected chi connectivity index (χ0v) is 12.6. The minimum Gasteiger partial charge on any atom is -0.388 e. The van der Waals surface area contributed by atoms with E-state index in [0.29, 0.717) is 39.1 Å². The molecule has 0 bridgehead atoms. The van der Waals surface area contributed by atoms with Crippen LogP contribution in [0.3, 0.4) is 0 Å². The fourth-order valence-electron chi connectivity index (χ4n) is 2.84. The highest BCUT2D eigenvalue weighted by molar-refractivity contribution is 5.51. The van der Waals surface area contributed by atoms with Crippen molar-refractivity contribution in [2.24, 2.45) is 5.73 Å². The molecule has 1 saturated heterocycles. The van der Waals surface area contributed by atoms with E-state index in [1.165, 1.54) is 0 Å². The molecule has 0 spiro atoms. The predicted octanol–water partition coefficient (Wildman–Crippen LogP) is 1.13. The van der Waals surface area contributed by atoms with Crippen molar-refractivity contribution >= 4 is 5.82 Å². The molecule has 20 heavy (non-hydrogen) atoms. The summed E-state index contributed by atoms with van der Waals surface area (Å²) in [4.78, 5) is 6.63. The van der Waals surface area contributed by atoms with Crippen LogP contribution in [0.4, 0.5) is 5.82 Å². The van der Waals surface area contributed by atoms with Gasteiger partial charge in [0.1, 0.15) is 5.82 Å². The Bertz CT molecular complexity index is 470. The van der Waals surface area contributed by atoms with Crippen LogP contribution in [0.1, 0.15) is 29.7 Å². The van der Waals surface area contributed by atoms with E-state index in [-0.39, 0.29) is 0 Å². The number of nitrogens with two attached hydrogens (primary N) is 1. The van der Waals surface area contributed by atoms with E-state index in [0.717, 1.165) is 22.6 Å². The lowest BCUT2D eigenvalue weighted by Gasteiger charge is -2.36. The molecule has 1 fully saturated rings. The van der Waals surface area contributed by atoms with Crippen LogP contribution in [-0.2, 0) is 11.3 Å². The van der Waals surface area contributed by atoms with Crippen LogP contribution in [0.15, 0.2) is 6.07 Å². The molecule has 0 radical (unpaired) electrons. The molecule has 0 aromatic carbocycles. The first-order chi connectivity index (χ1) is 9.45. The van der Waals surface area contributed by atoms with Crippen molar-refractivity contribution < 1.29 is 9.84 Å². The van der Waals surface area contributed by atoms with Crippen LogP contribution in [0.25, 0.3) is 0 Å². The summed E-state index contributed by atoms with van der Waals surface area (Å²) in [6, 6.07) is 2.04. The molecule has 1 aliphatic rings. The number of aryl methyl sites for hydroxylation is 2. The van der Waals surface area contributed by atoms with Gasteiger partial charge in [-0.2, -0.15) is 0 Å². The minimum atomic E-state index is -0.696. The lowest BCUT2D eigenvalue weighted by Crippen LogP contribution is -2.46. The van der Waals surface area contributed by atoms with Crippen LogP contribution < -0.4 is 10.6 Å². The molecule has 1 aliphatic heterocycles. The third-order valence-electron chi connectivity index (χ3n) is 3.97. The molecule has 112 valence electrons. The van der Waals surface area contributed by atoms with Gasteiger partial charge in [-0.05, 0) is 25.5 Å². The Labute approximate surface area is 120 Å². The van der Waals surface area contributed by atoms with E-state index in [1.54, 1.807) is 0 Å². The summed E-state index contributed by atoms with van der Waals surface area (Å²) in [5, 5.41) is 10.6. The molecule has 1 aromatic heterocycles. The molecule has 0 unspecified atom stereocenters. The Balaban J connectivity index is 2.22. The number of aromatic nitrogens is 1. The SMILES string of the molecule is Cc1cc(C)c(CN)c(N(C)CC2(O)CCOCC2)n1. The fourth-order valence-corrected chi connectivity index (χ4v) is 2.84. The number of pyridine rings is 1. The Hall–Kier alpha value is -1.17. The van der Waals surface area contributed by atoms with E-state index in [1.807, 2.05) is 24.9 Å². The second kappa shape index (κ2) is 6.08. The molecule has 2 heterocycles. The van der Waals surface area contributed by atoms with Crippen LogP contribution in [-0.4, -0.2) is 42.5 Å². The largest absolute Gasteiger partial charge is 0.388 e. The van der Waals surface area contributed by atoms with Gasteiger partial charge >= 0.3 is 0 Å². The highest BCUT2D eigenvalue weighted by Crippen LogP contribution is 2.26.